The topological polar surface area (TPSA) is 85.8 Å². The van der Waals surface area contributed by atoms with Gasteiger partial charge in [-0.25, -0.2) is 0 Å². The summed E-state index contributed by atoms with van der Waals surface area (Å²) >= 11 is 8.26. The second-order valence-corrected chi connectivity index (χ2v) is 8.56. The average Bonchev–Trinajstić information content (AvgIpc) is 3.27. The maximum atomic E-state index is 11.8. The number of aryl methyl sites for hydroxylation is 1. The monoisotopic (exact) mass is 399 g/mol. The summed E-state index contributed by atoms with van der Waals surface area (Å²) in [6.45, 7) is 2.55. The van der Waals surface area contributed by atoms with Gasteiger partial charge in [0.15, 0.2) is 5.82 Å². The van der Waals surface area contributed by atoms with E-state index in [1.54, 1.807) is 11.3 Å². The van der Waals surface area contributed by atoms with Crippen LogP contribution in [0, 0.1) is 12.8 Å². The molecular weight excluding hydrogens is 382 g/mol. The van der Waals surface area contributed by atoms with Crippen LogP contribution in [0.4, 0.5) is 0 Å². The van der Waals surface area contributed by atoms with Crippen LogP contribution in [0.1, 0.15) is 39.3 Å². The van der Waals surface area contributed by atoms with E-state index in [0.717, 1.165) is 27.2 Å². The number of benzene rings is 1. The van der Waals surface area contributed by atoms with Gasteiger partial charge in [-0.2, -0.15) is 0 Å². The van der Waals surface area contributed by atoms with Gasteiger partial charge in [0.25, 0.3) is 0 Å². The minimum Gasteiger partial charge on any atom is -0.369 e. The molecule has 0 fully saturated rings. The van der Waals surface area contributed by atoms with E-state index in [-0.39, 0.29) is 17.9 Å². The first-order chi connectivity index (χ1) is 13.0. The van der Waals surface area contributed by atoms with Gasteiger partial charge in [-0.1, -0.05) is 29.8 Å². The molecule has 5 rings (SSSR count). The van der Waals surface area contributed by atoms with Gasteiger partial charge in [0.05, 0.1) is 12.6 Å². The van der Waals surface area contributed by atoms with Crippen molar-refractivity contribution in [1.29, 1.82) is 0 Å². The number of carbonyl (C=O) groups excluding carboxylic acids is 1. The summed E-state index contributed by atoms with van der Waals surface area (Å²) in [4.78, 5) is 13.0. The fraction of sp³-hybridized carbons (Fsp3) is 0.316. The average molecular weight is 400 g/mol. The quantitative estimate of drug-likeness (QED) is 0.693. The molecule has 1 aromatic carbocycles. The molecule has 0 spiro atoms. The van der Waals surface area contributed by atoms with Crippen molar-refractivity contribution in [3.8, 4) is 5.00 Å². The molecule has 2 atom stereocenters. The Morgan fingerprint density at radius 3 is 2.93 bits per heavy atom. The number of carbonyl (C=O) groups is 1. The maximum Gasteiger partial charge on any atom is 0.221 e. The van der Waals surface area contributed by atoms with Crippen LogP contribution in [-0.4, -0.2) is 20.7 Å². The second kappa shape index (κ2) is 6.15. The van der Waals surface area contributed by atoms with Crippen LogP contribution in [0.15, 0.2) is 24.3 Å². The van der Waals surface area contributed by atoms with E-state index in [9.17, 15) is 4.79 Å². The smallest absolute Gasteiger partial charge is 0.221 e. The highest BCUT2D eigenvalue weighted by Gasteiger charge is 2.37. The van der Waals surface area contributed by atoms with Gasteiger partial charge in [0, 0.05) is 21.4 Å². The van der Waals surface area contributed by atoms with Gasteiger partial charge in [-0.15, -0.1) is 21.5 Å². The predicted octanol–water partition coefficient (Wildman–Crippen LogP) is 2.68. The van der Waals surface area contributed by atoms with Crippen molar-refractivity contribution in [2.45, 2.75) is 32.4 Å². The number of fused-ring (bicyclic) bond motifs is 5. The SMILES string of the molecule is Cc1nnc2n1-c1sc3c(c1[C@H](c1ccccc1Cl)NC2)C[C@H](C(N)=O)C3. The highest BCUT2D eigenvalue weighted by molar-refractivity contribution is 7.15. The molecule has 2 aromatic heterocycles. The number of nitrogens with two attached hydrogens (primary N) is 1. The molecular formula is C19H18ClN5OS. The highest BCUT2D eigenvalue weighted by atomic mass is 35.5. The van der Waals surface area contributed by atoms with Crippen LogP contribution < -0.4 is 11.1 Å². The number of primary amides is 1. The Labute approximate surface area is 165 Å². The van der Waals surface area contributed by atoms with Gasteiger partial charge in [0.2, 0.25) is 5.91 Å². The number of aromatic nitrogens is 3. The van der Waals surface area contributed by atoms with E-state index < -0.39 is 0 Å². The molecule has 0 unspecified atom stereocenters. The summed E-state index contributed by atoms with van der Waals surface area (Å²) in [5.74, 6) is 1.38. The zero-order valence-electron chi connectivity index (χ0n) is 14.7. The molecule has 1 aliphatic carbocycles. The lowest BCUT2D eigenvalue weighted by Crippen LogP contribution is -2.24. The summed E-state index contributed by atoms with van der Waals surface area (Å²) in [7, 11) is 0. The third-order valence-electron chi connectivity index (χ3n) is 5.46. The molecule has 8 heteroatoms. The Morgan fingerprint density at radius 1 is 1.33 bits per heavy atom. The van der Waals surface area contributed by atoms with Crippen molar-refractivity contribution in [2.24, 2.45) is 11.7 Å². The van der Waals surface area contributed by atoms with E-state index in [1.807, 2.05) is 31.2 Å². The summed E-state index contributed by atoms with van der Waals surface area (Å²) in [5, 5.41) is 14.1. The van der Waals surface area contributed by atoms with Crippen LogP contribution in [0.2, 0.25) is 5.02 Å². The molecule has 3 aromatic rings. The lowest BCUT2D eigenvalue weighted by atomic mass is 9.95. The minimum absolute atomic E-state index is 0.0681. The highest BCUT2D eigenvalue weighted by Crippen LogP contribution is 2.46. The number of rotatable bonds is 2. The normalized spacial score (nSPS) is 20.7. The van der Waals surface area contributed by atoms with E-state index in [2.05, 4.69) is 20.1 Å². The first kappa shape index (κ1) is 16.9. The van der Waals surface area contributed by atoms with Crippen molar-refractivity contribution >= 4 is 28.8 Å². The number of amides is 1. The first-order valence-electron chi connectivity index (χ1n) is 8.87. The Hall–Kier alpha value is -2.22. The maximum absolute atomic E-state index is 11.8. The van der Waals surface area contributed by atoms with Crippen molar-refractivity contribution in [3.05, 3.63) is 62.5 Å². The lowest BCUT2D eigenvalue weighted by molar-refractivity contribution is -0.121. The summed E-state index contributed by atoms with van der Waals surface area (Å²) < 4.78 is 2.13. The van der Waals surface area contributed by atoms with Crippen molar-refractivity contribution in [1.82, 2.24) is 20.1 Å². The van der Waals surface area contributed by atoms with Gasteiger partial charge in [-0.05, 0) is 37.0 Å². The zero-order valence-corrected chi connectivity index (χ0v) is 16.3. The van der Waals surface area contributed by atoms with E-state index in [0.29, 0.717) is 19.4 Å². The third kappa shape index (κ3) is 2.53. The van der Waals surface area contributed by atoms with Crippen LogP contribution >= 0.6 is 22.9 Å². The number of nitrogens with one attached hydrogen (secondary N) is 1. The minimum atomic E-state index is -0.232. The largest absolute Gasteiger partial charge is 0.369 e. The second-order valence-electron chi connectivity index (χ2n) is 7.06. The van der Waals surface area contributed by atoms with E-state index in [1.165, 1.54) is 16.0 Å². The lowest BCUT2D eigenvalue weighted by Gasteiger charge is -2.20. The van der Waals surface area contributed by atoms with Crippen LogP contribution in [0.3, 0.4) is 0 Å². The van der Waals surface area contributed by atoms with Gasteiger partial charge < -0.3 is 5.73 Å². The fourth-order valence-corrected chi connectivity index (χ4v) is 5.92. The molecule has 3 heterocycles. The van der Waals surface area contributed by atoms with Gasteiger partial charge in [0.1, 0.15) is 10.8 Å². The van der Waals surface area contributed by atoms with Crippen LogP contribution in [-0.2, 0) is 24.2 Å². The van der Waals surface area contributed by atoms with Gasteiger partial charge in [-0.3, -0.25) is 14.7 Å². The van der Waals surface area contributed by atoms with E-state index >= 15 is 0 Å². The zero-order chi connectivity index (χ0) is 18.7. The molecule has 0 saturated carbocycles. The Bertz CT molecular complexity index is 1070. The molecule has 0 radical (unpaired) electrons. The fourth-order valence-electron chi connectivity index (χ4n) is 4.16. The molecule has 1 aliphatic heterocycles. The van der Waals surface area contributed by atoms with Crippen molar-refractivity contribution in [2.75, 3.05) is 0 Å². The Morgan fingerprint density at radius 2 is 2.15 bits per heavy atom. The van der Waals surface area contributed by atoms with Crippen LogP contribution in [0.5, 0.6) is 0 Å². The van der Waals surface area contributed by atoms with Crippen LogP contribution in [0.25, 0.3) is 5.00 Å². The number of halogens is 1. The molecule has 3 N–H and O–H groups in total. The summed E-state index contributed by atoms with van der Waals surface area (Å²) in [6, 6.07) is 7.82. The number of nitrogens with zero attached hydrogens (tertiary/aromatic N) is 3. The number of hydrogen-bond acceptors (Lipinski definition) is 5. The predicted molar refractivity (Wildman–Crippen MR) is 104 cm³/mol. The van der Waals surface area contributed by atoms with Crippen molar-refractivity contribution in [3.63, 3.8) is 0 Å². The molecule has 0 saturated heterocycles. The molecule has 0 bridgehead atoms. The van der Waals surface area contributed by atoms with Gasteiger partial charge >= 0.3 is 0 Å². The number of hydrogen-bond donors (Lipinski definition) is 2. The molecule has 138 valence electrons. The standard InChI is InChI=1S/C19H18ClN5OS/c1-9-23-24-15-8-22-17(11-4-2-3-5-13(11)20)16-12-6-10(18(21)26)7-14(12)27-19(16)25(9)15/h2-5,10,17,22H,6-8H2,1H3,(H2,21,26)/t10-,17-/m0/s1. The van der Waals surface area contributed by atoms with E-state index in [4.69, 9.17) is 17.3 Å². The van der Waals surface area contributed by atoms with Crippen molar-refractivity contribution < 1.29 is 4.79 Å². The third-order valence-corrected chi connectivity index (χ3v) is 7.06. The molecule has 1 amide bonds. The Kier molecular flexibility index (Phi) is 3.86. The number of thiophene rings is 1. The first-order valence-corrected chi connectivity index (χ1v) is 10.1. The molecule has 6 nitrogen and oxygen atoms in total. The summed E-state index contributed by atoms with van der Waals surface area (Å²) in [5.41, 5.74) is 9.02. The Balaban J connectivity index is 1.74. The molecule has 27 heavy (non-hydrogen) atoms. The summed E-state index contributed by atoms with van der Waals surface area (Å²) in [6.07, 6.45) is 1.38. The molecule has 2 aliphatic rings.